The molecule has 92 valence electrons. The van der Waals surface area contributed by atoms with Gasteiger partial charge in [0.25, 0.3) is 0 Å². The van der Waals surface area contributed by atoms with Crippen molar-refractivity contribution in [2.75, 3.05) is 20.1 Å². The van der Waals surface area contributed by atoms with Crippen molar-refractivity contribution in [2.45, 2.75) is 33.7 Å². The first-order valence-electron chi connectivity index (χ1n) is 5.74. The molecule has 0 rings (SSSR count). The summed E-state index contributed by atoms with van der Waals surface area (Å²) in [6.07, 6.45) is 0. The first kappa shape index (κ1) is 14.9. The van der Waals surface area contributed by atoms with E-state index >= 15 is 0 Å². The molecule has 2 unspecified atom stereocenters. The average Bonchev–Trinajstić information content (AvgIpc) is 2.16. The van der Waals surface area contributed by atoms with Crippen LogP contribution in [-0.2, 0) is 4.79 Å². The van der Waals surface area contributed by atoms with Crippen LogP contribution in [0.15, 0.2) is 0 Å². The normalized spacial score (nSPS) is 14.6. The van der Waals surface area contributed by atoms with E-state index in [9.17, 15) is 4.79 Å². The zero-order valence-corrected chi connectivity index (χ0v) is 10.9. The molecule has 0 aromatic carbocycles. The molecular weight excluding hydrogens is 202 g/mol. The number of hydrogen-bond donors (Lipinski definition) is 1. The summed E-state index contributed by atoms with van der Waals surface area (Å²) in [5.74, 6) is 0.418. The fourth-order valence-electron chi connectivity index (χ4n) is 1.28. The second kappa shape index (κ2) is 7.24. The number of carbonyl (C=O) groups excluding carboxylic acids is 1. The van der Waals surface area contributed by atoms with Gasteiger partial charge in [-0.05, 0) is 26.8 Å². The van der Waals surface area contributed by atoms with Gasteiger partial charge >= 0.3 is 0 Å². The van der Waals surface area contributed by atoms with Crippen LogP contribution in [0.4, 0.5) is 0 Å². The van der Waals surface area contributed by atoms with Gasteiger partial charge in [0.2, 0.25) is 5.91 Å². The fraction of sp³-hybridized carbons (Fsp3) is 0.833. The Morgan fingerprint density at radius 1 is 1.38 bits per heavy atom. The predicted octanol–water partition coefficient (Wildman–Crippen LogP) is 1.24. The van der Waals surface area contributed by atoms with E-state index in [0.29, 0.717) is 19.0 Å². The number of rotatable bonds is 6. The molecule has 0 radical (unpaired) electrons. The summed E-state index contributed by atoms with van der Waals surface area (Å²) in [7, 11) is 1.85. The lowest BCUT2D eigenvalue weighted by molar-refractivity contribution is -0.122. The van der Waals surface area contributed by atoms with Gasteiger partial charge in [0.05, 0.1) is 18.5 Å². The Balaban J connectivity index is 3.92. The summed E-state index contributed by atoms with van der Waals surface area (Å²) in [5, 5.41) is 11.6. The zero-order valence-electron chi connectivity index (χ0n) is 10.9. The van der Waals surface area contributed by atoms with Crippen molar-refractivity contribution in [2.24, 2.45) is 11.8 Å². The molecule has 2 atom stereocenters. The molecule has 0 bridgehead atoms. The average molecular weight is 225 g/mol. The monoisotopic (exact) mass is 225 g/mol. The molecule has 0 saturated heterocycles. The summed E-state index contributed by atoms with van der Waals surface area (Å²) in [6, 6.07) is 2.34. The van der Waals surface area contributed by atoms with Crippen LogP contribution >= 0.6 is 0 Å². The minimum atomic E-state index is -0.0414. The fourth-order valence-corrected chi connectivity index (χ4v) is 1.28. The quantitative estimate of drug-likeness (QED) is 0.740. The van der Waals surface area contributed by atoms with Gasteiger partial charge in [-0.25, -0.2) is 0 Å². The third-order valence-electron chi connectivity index (χ3n) is 2.61. The maximum atomic E-state index is 11.6. The van der Waals surface area contributed by atoms with Crippen molar-refractivity contribution in [1.82, 2.24) is 10.2 Å². The molecule has 0 spiro atoms. The Morgan fingerprint density at radius 3 is 2.38 bits per heavy atom. The van der Waals surface area contributed by atoms with Crippen LogP contribution in [0.2, 0.25) is 0 Å². The first-order chi connectivity index (χ1) is 7.36. The van der Waals surface area contributed by atoms with Gasteiger partial charge in [-0.1, -0.05) is 13.8 Å². The summed E-state index contributed by atoms with van der Waals surface area (Å²) in [4.78, 5) is 13.5. The maximum absolute atomic E-state index is 11.6. The standard InChI is InChI=1S/C12H23N3O/c1-9(2)11(4)14-12(16)8-15(5)7-10(3)6-13/h9-11H,7-8H2,1-5H3,(H,14,16). The van der Waals surface area contributed by atoms with E-state index in [2.05, 4.69) is 25.2 Å². The molecule has 0 aliphatic rings. The minimum Gasteiger partial charge on any atom is -0.352 e. The van der Waals surface area contributed by atoms with E-state index in [1.165, 1.54) is 0 Å². The minimum absolute atomic E-state index is 0.0221. The van der Waals surface area contributed by atoms with Gasteiger partial charge < -0.3 is 5.32 Å². The Morgan fingerprint density at radius 2 is 1.94 bits per heavy atom. The van der Waals surface area contributed by atoms with Crippen LogP contribution in [0.3, 0.4) is 0 Å². The Bertz CT molecular complexity index is 257. The highest BCUT2D eigenvalue weighted by molar-refractivity contribution is 5.78. The number of nitrogens with one attached hydrogen (secondary N) is 1. The van der Waals surface area contributed by atoms with Crippen LogP contribution < -0.4 is 5.32 Å². The molecule has 0 saturated carbocycles. The van der Waals surface area contributed by atoms with Gasteiger partial charge in [0, 0.05) is 12.6 Å². The molecule has 0 aliphatic heterocycles. The van der Waals surface area contributed by atoms with Crippen LogP contribution in [-0.4, -0.2) is 37.0 Å². The van der Waals surface area contributed by atoms with Gasteiger partial charge in [-0.2, -0.15) is 5.26 Å². The second-order valence-corrected chi connectivity index (χ2v) is 4.83. The number of carbonyl (C=O) groups is 1. The lowest BCUT2D eigenvalue weighted by Gasteiger charge is -2.21. The number of nitriles is 1. The van der Waals surface area contributed by atoms with E-state index in [1.54, 1.807) is 0 Å². The summed E-state index contributed by atoms with van der Waals surface area (Å²) >= 11 is 0. The van der Waals surface area contributed by atoms with Crippen molar-refractivity contribution in [1.29, 1.82) is 5.26 Å². The molecule has 0 heterocycles. The number of hydrogen-bond acceptors (Lipinski definition) is 3. The summed E-state index contributed by atoms with van der Waals surface area (Å²) in [5.41, 5.74) is 0. The van der Waals surface area contributed by atoms with Crippen LogP contribution in [0.1, 0.15) is 27.7 Å². The van der Waals surface area contributed by atoms with E-state index in [0.717, 1.165) is 0 Å². The molecule has 0 aliphatic carbocycles. The molecule has 1 amide bonds. The highest BCUT2D eigenvalue weighted by Crippen LogP contribution is 2.00. The second-order valence-electron chi connectivity index (χ2n) is 4.83. The molecule has 4 nitrogen and oxygen atoms in total. The van der Waals surface area contributed by atoms with Crippen molar-refractivity contribution in [3.05, 3.63) is 0 Å². The third-order valence-corrected chi connectivity index (χ3v) is 2.61. The van der Waals surface area contributed by atoms with Gasteiger partial charge in [-0.3, -0.25) is 9.69 Å². The van der Waals surface area contributed by atoms with Crippen LogP contribution in [0, 0.1) is 23.2 Å². The Labute approximate surface area is 98.6 Å². The third kappa shape index (κ3) is 6.41. The molecule has 16 heavy (non-hydrogen) atoms. The van der Waals surface area contributed by atoms with Gasteiger partial charge in [-0.15, -0.1) is 0 Å². The Hall–Kier alpha value is -1.08. The molecule has 0 aromatic rings. The predicted molar refractivity (Wildman–Crippen MR) is 64.7 cm³/mol. The zero-order chi connectivity index (χ0) is 12.7. The van der Waals surface area contributed by atoms with Crippen molar-refractivity contribution in [3.63, 3.8) is 0 Å². The van der Waals surface area contributed by atoms with E-state index in [4.69, 9.17) is 5.26 Å². The molecule has 1 N–H and O–H groups in total. The summed E-state index contributed by atoms with van der Waals surface area (Å²) < 4.78 is 0. The molecule has 0 aromatic heterocycles. The van der Waals surface area contributed by atoms with E-state index in [-0.39, 0.29) is 17.9 Å². The van der Waals surface area contributed by atoms with Gasteiger partial charge in [0.15, 0.2) is 0 Å². The van der Waals surface area contributed by atoms with Crippen molar-refractivity contribution >= 4 is 5.91 Å². The highest BCUT2D eigenvalue weighted by atomic mass is 16.2. The van der Waals surface area contributed by atoms with E-state index in [1.807, 2.05) is 25.8 Å². The smallest absolute Gasteiger partial charge is 0.234 e. The Kier molecular flexibility index (Phi) is 6.75. The maximum Gasteiger partial charge on any atom is 0.234 e. The van der Waals surface area contributed by atoms with Crippen molar-refractivity contribution < 1.29 is 4.79 Å². The molecular formula is C12H23N3O. The number of amides is 1. The SMILES string of the molecule is CC(C#N)CN(C)CC(=O)NC(C)C(C)C. The lowest BCUT2D eigenvalue weighted by atomic mass is 10.1. The summed E-state index contributed by atoms with van der Waals surface area (Å²) in [6.45, 7) is 8.98. The number of likely N-dealkylation sites (N-methyl/N-ethyl adjacent to an activating group) is 1. The van der Waals surface area contributed by atoms with E-state index < -0.39 is 0 Å². The largest absolute Gasteiger partial charge is 0.352 e. The lowest BCUT2D eigenvalue weighted by Crippen LogP contribution is -2.42. The highest BCUT2D eigenvalue weighted by Gasteiger charge is 2.13. The van der Waals surface area contributed by atoms with Crippen molar-refractivity contribution in [3.8, 4) is 6.07 Å². The number of nitrogens with zero attached hydrogens (tertiary/aromatic N) is 2. The molecule has 4 heteroatoms. The molecule has 0 fully saturated rings. The topological polar surface area (TPSA) is 56.1 Å². The van der Waals surface area contributed by atoms with Crippen LogP contribution in [0.25, 0.3) is 0 Å². The van der Waals surface area contributed by atoms with Crippen LogP contribution in [0.5, 0.6) is 0 Å². The van der Waals surface area contributed by atoms with Gasteiger partial charge in [0.1, 0.15) is 0 Å². The first-order valence-corrected chi connectivity index (χ1v) is 5.74.